The molecule has 1 aromatic carbocycles. The summed E-state index contributed by atoms with van der Waals surface area (Å²) in [7, 11) is 0. The zero-order valence-corrected chi connectivity index (χ0v) is 11.3. The summed E-state index contributed by atoms with van der Waals surface area (Å²) >= 11 is 0. The second-order valence-electron chi connectivity index (χ2n) is 4.68. The predicted molar refractivity (Wildman–Crippen MR) is 72.8 cm³/mol. The number of nitrogens with zero attached hydrogens (tertiary/aromatic N) is 1. The molecule has 0 atom stereocenters. The number of benzene rings is 1. The van der Waals surface area contributed by atoms with Crippen molar-refractivity contribution in [2.24, 2.45) is 0 Å². The van der Waals surface area contributed by atoms with Crippen molar-refractivity contribution in [1.29, 1.82) is 5.26 Å². The lowest BCUT2D eigenvalue weighted by Crippen LogP contribution is -2.45. The number of ether oxygens (including phenoxy) is 2. The number of nitrogens with one attached hydrogen (secondary N) is 1. The first-order valence-electron chi connectivity index (χ1n) is 6.76. The average molecular weight is 260 g/mol. The molecule has 0 saturated heterocycles. The molecule has 1 N–H and O–H groups in total. The third kappa shape index (κ3) is 3.95. The molecule has 4 heteroatoms. The van der Waals surface area contributed by atoms with E-state index in [1.54, 1.807) is 0 Å². The molecular formula is C15H20N2O2. The lowest BCUT2D eigenvalue weighted by atomic mass is 9.89. The predicted octanol–water partition coefficient (Wildman–Crippen LogP) is 2.25. The zero-order valence-electron chi connectivity index (χ0n) is 11.3. The van der Waals surface area contributed by atoms with E-state index in [0.29, 0.717) is 12.1 Å². The van der Waals surface area contributed by atoms with Gasteiger partial charge in [0, 0.05) is 24.8 Å². The van der Waals surface area contributed by atoms with Crippen molar-refractivity contribution >= 4 is 0 Å². The average Bonchev–Trinajstić information content (AvgIpc) is 2.40. The highest BCUT2D eigenvalue weighted by molar-refractivity contribution is 5.33. The summed E-state index contributed by atoms with van der Waals surface area (Å²) < 4.78 is 10.9. The van der Waals surface area contributed by atoms with Crippen molar-refractivity contribution in [2.75, 3.05) is 13.2 Å². The fourth-order valence-electron chi connectivity index (χ4n) is 2.26. The first-order valence-corrected chi connectivity index (χ1v) is 6.76. The maximum atomic E-state index is 8.56. The summed E-state index contributed by atoms with van der Waals surface area (Å²) in [6.45, 7) is 3.68. The van der Waals surface area contributed by atoms with E-state index in [1.165, 1.54) is 0 Å². The maximum Gasteiger partial charge on any atom is 0.174 e. The van der Waals surface area contributed by atoms with E-state index < -0.39 is 0 Å². The van der Waals surface area contributed by atoms with Crippen LogP contribution in [0.4, 0.5) is 0 Å². The number of para-hydroxylation sites is 1. The molecule has 0 bridgehead atoms. The quantitative estimate of drug-likeness (QED) is 0.817. The molecule has 102 valence electrons. The molecule has 19 heavy (non-hydrogen) atoms. The van der Waals surface area contributed by atoms with Crippen LogP contribution in [0.2, 0.25) is 0 Å². The van der Waals surface area contributed by atoms with Gasteiger partial charge in [0.1, 0.15) is 11.8 Å². The fourth-order valence-corrected chi connectivity index (χ4v) is 2.26. The molecular weight excluding hydrogens is 240 g/mol. The Balaban J connectivity index is 1.78. The van der Waals surface area contributed by atoms with Gasteiger partial charge in [0.25, 0.3) is 0 Å². The van der Waals surface area contributed by atoms with E-state index in [1.807, 2.05) is 37.3 Å². The van der Waals surface area contributed by atoms with Crippen LogP contribution in [0.3, 0.4) is 0 Å². The van der Waals surface area contributed by atoms with Crippen molar-refractivity contribution in [3.8, 4) is 11.8 Å². The van der Waals surface area contributed by atoms with Crippen LogP contribution < -0.4 is 10.1 Å². The molecule has 0 aromatic heterocycles. The van der Waals surface area contributed by atoms with Gasteiger partial charge >= 0.3 is 0 Å². The minimum atomic E-state index is 0.0901. The van der Waals surface area contributed by atoms with Crippen LogP contribution in [0, 0.1) is 11.3 Å². The molecule has 1 aliphatic rings. The first-order chi connectivity index (χ1) is 9.33. The van der Waals surface area contributed by atoms with E-state index in [4.69, 9.17) is 14.7 Å². The second kappa shape index (κ2) is 7.13. The van der Waals surface area contributed by atoms with Gasteiger partial charge in [0.2, 0.25) is 0 Å². The number of nitriles is 1. The monoisotopic (exact) mass is 260 g/mol. The fraction of sp³-hybridized carbons (Fsp3) is 0.533. The van der Waals surface area contributed by atoms with Crippen LogP contribution in [-0.4, -0.2) is 25.4 Å². The molecule has 4 nitrogen and oxygen atoms in total. The minimum Gasteiger partial charge on any atom is -0.478 e. The molecule has 2 rings (SSSR count). The Hall–Kier alpha value is -1.57. The summed E-state index contributed by atoms with van der Waals surface area (Å²) in [6.07, 6.45) is 2.58. The highest BCUT2D eigenvalue weighted by Crippen LogP contribution is 2.24. The Morgan fingerprint density at radius 2 is 2.16 bits per heavy atom. The molecule has 0 unspecified atom stereocenters. The molecule has 0 spiro atoms. The van der Waals surface area contributed by atoms with Crippen LogP contribution in [0.25, 0.3) is 0 Å². The normalized spacial score (nSPS) is 21.5. The number of rotatable bonds is 7. The van der Waals surface area contributed by atoms with Crippen molar-refractivity contribution in [3.63, 3.8) is 0 Å². The highest BCUT2D eigenvalue weighted by atomic mass is 16.5. The third-order valence-electron chi connectivity index (χ3n) is 3.34. The van der Waals surface area contributed by atoms with Gasteiger partial charge < -0.3 is 14.8 Å². The third-order valence-corrected chi connectivity index (χ3v) is 3.34. The second-order valence-corrected chi connectivity index (χ2v) is 4.68. The van der Waals surface area contributed by atoms with Gasteiger partial charge in [-0.1, -0.05) is 18.2 Å². The van der Waals surface area contributed by atoms with Crippen LogP contribution in [-0.2, 0) is 11.3 Å². The van der Waals surface area contributed by atoms with Crippen LogP contribution in [0.1, 0.15) is 25.3 Å². The maximum absolute atomic E-state index is 8.56. The van der Waals surface area contributed by atoms with E-state index in [-0.39, 0.29) is 6.61 Å². The van der Waals surface area contributed by atoms with Crippen LogP contribution in [0.5, 0.6) is 5.75 Å². The Morgan fingerprint density at radius 3 is 2.89 bits per heavy atom. The van der Waals surface area contributed by atoms with Gasteiger partial charge in [-0.2, -0.15) is 5.26 Å². The Morgan fingerprint density at radius 1 is 1.37 bits per heavy atom. The number of hydrogen-bond acceptors (Lipinski definition) is 4. The van der Waals surface area contributed by atoms with Gasteiger partial charge in [-0.05, 0) is 25.8 Å². The topological polar surface area (TPSA) is 54.3 Å². The van der Waals surface area contributed by atoms with Crippen molar-refractivity contribution in [2.45, 2.75) is 38.5 Å². The van der Waals surface area contributed by atoms with Crippen molar-refractivity contribution in [1.82, 2.24) is 5.32 Å². The highest BCUT2D eigenvalue weighted by Gasteiger charge is 2.28. The van der Waals surface area contributed by atoms with Crippen molar-refractivity contribution < 1.29 is 9.47 Å². The minimum absolute atomic E-state index is 0.0901. The summed E-state index contributed by atoms with van der Waals surface area (Å²) in [5.74, 6) is 0.789. The van der Waals surface area contributed by atoms with E-state index in [2.05, 4.69) is 5.32 Å². The molecule has 1 fully saturated rings. The lowest BCUT2D eigenvalue weighted by Gasteiger charge is -2.35. The SMILES string of the molecule is CCOC1CC(NCc2ccccc2OCC#N)C1. The van der Waals surface area contributed by atoms with Gasteiger partial charge in [-0.3, -0.25) is 0 Å². The zero-order chi connectivity index (χ0) is 13.5. The molecule has 0 heterocycles. The van der Waals surface area contributed by atoms with Gasteiger partial charge in [-0.15, -0.1) is 0 Å². The lowest BCUT2D eigenvalue weighted by molar-refractivity contribution is -0.0102. The Bertz CT molecular complexity index is 436. The first kappa shape index (κ1) is 13.9. The standard InChI is InChI=1S/C15H20N2O2/c1-2-18-14-9-13(10-14)17-11-12-5-3-4-6-15(12)19-8-7-16/h3-6,13-14,17H,2,8-11H2,1H3. The molecule has 0 aliphatic heterocycles. The van der Waals surface area contributed by atoms with Crippen LogP contribution >= 0.6 is 0 Å². The van der Waals surface area contributed by atoms with E-state index in [0.717, 1.165) is 37.3 Å². The smallest absolute Gasteiger partial charge is 0.174 e. The van der Waals surface area contributed by atoms with Gasteiger partial charge in [0.15, 0.2) is 6.61 Å². The number of hydrogen-bond donors (Lipinski definition) is 1. The molecule has 0 amide bonds. The summed E-state index contributed by atoms with van der Waals surface area (Å²) in [5.41, 5.74) is 1.10. The van der Waals surface area contributed by atoms with Gasteiger partial charge in [-0.25, -0.2) is 0 Å². The summed E-state index contributed by atoms with van der Waals surface area (Å²) in [4.78, 5) is 0. The molecule has 1 saturated carbocycles. The molecule has 0 radical (unpaired) electrons. The molecule has 1 aliphatic carbocycles. The summed E-state index contributed by atoms with van der Waals surface area (Å²) in [5, 5.41) is 12.1. The Labute approximate surface area is 114 Å². The van der Waals surface area contributed by atoms with Crippen molar-refractivity contribution in [3.05, 3.63) is 29.8 Å². The molecule has 1 aromatic rings. The van der Waals surface area contributed by atoms with E-state index >= 15 is 0 Å². The van der Waals surface area contributed by atoms with E-state index in [9.17, 15) is 0 Å². The Kier molecular flexibility index (Phi) is 5.20. The van der Waals surface area contributed by atoms with Gasteiger partial charge in [0.05, 0.1) is 6.10 Å². The largest absolute Gasteiger partial charge is 0.478 e. The summed E-state index contributed by atoms with van der Waals surface area (Å²) in [6, 6.07) is 10.4. The van der Waals surface area contributed by atoms with Crippen LogP contribution in [0.15, 0.2) is 24.3 Å².